The van der Waals surface area contributed by atoms with Crippen molar-refractivity contribution < 1.29 is 0 Å². The lowest BCUT2D eigenvalue weighted by atomic mass is 9.88. The molecule has 1 unspecified atom stereocenters. The molecule has 3 nitrogen and oxygen atoms in total. The van der Waals surface area contributed by atoms with E-state index in [2.05, 4.69) is 4.98 Å². The predicted molar refractivity (Wildman–Crippen MR) is 67.7 cm³/mol. The van der Waals surface area contributed by atoms with Crippen molar-refractivity contribution in [2.75, 3.05) is 0 Å². The minimum atomic E-state index is 0.143. The van der Waals surface area contributed by atoms with Crippen molar-refractivity contribution in [1.29, 1.82) is 0 Å². The zero-order valence-electron chi connectivity index (χ0n) is 10.4. The number of rotatable bonds is 1. The van der Waals surface area contributed by atoms with Crippen molar-refractivity contribution in [3.63, 3.8) is 0 Å². The van der Waals surface area contributed by atoms with Crippen LogP contribution in [0.3, 0.4) is 0 Å². The molecule has 2 aliphatic rings. The van der Waals surface area contributed by atoms with Crippen LogP contribution >= 0.6 is 0 Å². The third kappa shape index (κ3) is 2.21. The molecule has 0 aliphatic heterocycles. The molecule has 1 aromatic heterocycles. The average molecular weight is 231 g/mol. The van der Waals surface area contributed by atoms with Gasteiger partial charge in [-0.05, 0) is 37.7 Å². The van der Waals surface area contributed by atoms with Gasteiger partial charge in [-0.3, -0.25) is 0 Å². The van der Waals surface area contributed by atoms with E-state index in [1.165, 1.54) is 44.1 Å². The number of nitrogens with two attached hydrogens (primary N) is 1. The second kappa shape index (κ2) is 4.73. The summed E-state index contributed by atoms with van der Waals surface area (Å²) in [6, 6.07) is 0.143. The molecule has 2 aliphatic carbocycles. The summed E-state index contributed by atoms with van der Waals surface area (Å²) in [5.41, 5.74) is 8.57. The van der Waals surface area contributed by atoms with Crippen LogP contribution in [-0.4, -0.2) is 9.97 Å². The average Bonchev–Trinajstić information content (AvgIpc) is 2.40. The van der Waals surface area contributed by atoms with Gasteiger partial charge in [0.1, 0.15) is 5.82 Å². The summed E-state index contributed by atoms with van der Waals surface area (Å²) in [5, 5.41) is 0. The fourth-order valence-electron chi connectivity index (χ4n) is 3.15. The number of aryl methyl sites for hydroxylation is 1. The summed E-state index contributed by atoms with van der Waals surface area (Å²) in [4.78, 5) is 9.37. The topological polar surface area (TPSA) is 51.8 Å². The van der Waals surface area contributed by atoms with E-state index in [9.17, 15) is 0 Å². The Balaban J connectivity index is 1.88. The summed E-state index contributed by atoms with van der Waals surface area (Å²) in [6.45, 7) is 0. The molecule has 0 amide bonds. The van der Waals surface area contributed by atoms with Gasteiger partial charge in [-0.25, -0.2) is 9.97 Å². The molecular formula is C14H21N3. The van der Waals surface area contributed by atoms with Crippen LogP contribution in [0, 0.1) is 0 Å². The lowest BCUT2D eigenvalue weighted by molar-refractivity contribution is 0.424. The van der Waals surface area contributed by atoms with Crippen LogP contribution < -0.4 is 5.73 Å². The zero-order valence-corrected chi connectivity index (χ0v) is 10.4. The van der Waals surface area contributed by atoms with Gasteiger partial charge in [0, 0.05) is 18.2 Å². The highest BCUT2D eigenvalue weighted by Gasteiger charge is 2.23. The third-order valence-electron chi connectivity index (χ3n) is 4.20. The molecule has 1 atom stereocenters. The van der Waals surface area contributed by atoms with E-state index >= 15 is 0 Å². The Morgan fingerprint density at radius 1 is 1.06 bits per heavy atom. The predicted octanol–water partition coefficient (Wildman–Crippen LogP) is 2.86. The third-order valence-corrected chi connectivity index (χ3v) is 4.20. The monoisotopic (exact) mass is 231 g/mol. The highest BCUT2D eigenvalue weighted by Crippen LogP contribution is 2.32. The molecule has 0 bridgehead atoms. The Morgan fingerprint density at radius 3 is 2.71 bits per heavy atom. The molecule has 1 aromatic rings. The Kier molecular flexibility index (Phi) is 3.10. The Morgan fingerprint density at radius 2 is 1.88 bits per heavy atom. The Hall–Kier alpha value is -0.960. The lowest BCUT2D eigenvalue weighted by Crippen LogP contribution is -2.21. The van der Waals surface area contributed by atoms with Gasteiger partial charge in [0.05, 0.1) is 5.69 Å². The fraction of sp³-hybridized carbons (Fsp3) is 0.714. The number of aromatic nitrogens is 2. The first-order valence-electron chi connectivity index (χ1n) is 6.96. The first kappa shape index (κ1) is 11.1. The molecule has 1 saturated carbocycles. The zero-order chi connectivity index (χ0) is 11.7. The molecule has 17 heavy (non-hydrogen) atoms. The van der Waals surface area contributed by atoms with E-state index in [4.69, 9.17) is 10.7 Å². The summed E-state index contributed by atoms with van der Waals surface area (Å²) in [5.74, 6) is 1.64. The van der Waals surface area contributed by atoms with Crippen molar-refractivity contribution in [2.45, 2.75) is 63.3 Å². The van der Waals surface area contributed by atoms with Crippen LogP contribution in [0.15, 0.2) is 6.20 Å². The lowest BCUT2D eigenvalue weighted by Gasteiger charge is -2.24. The molecule has 0 saturated heterocycles. The van der Waals surface area contributed by atoms with Gasteiger partial charge in [0.15, 0.2) is 0 Å². The minimum Gasteiger partial charge on any atom is -0.323 e. The van der Waals surface area contributed by atoms with Crippen LogP contribution in [0.5, 0.6) is 0 Å². The molecule has 2 N–H and O–H groups in total. The quantitative estimate of drug-likeness (QED) is 0.808. The normalized spacial score (nSPS) is 25.6. The number of hydrogen-bond donors (Lipinski definition) is 1. The largest absolute Gasteiger partial charge is 0.323 e. The second-order valence-corrected chi connectivity index (χ2v) is 5.47. The van der Waals surface area contributed by atoms with Gasteiger partial charge in [0.25, 0.3) is 0 Å². The van der Waals surface area contributed by atoms with Crippen molar-refractivity contribution >= 4 is 0 Å². The van der Waals surface area contributed by atoms with Crippen molar-refractivity contribution in [3.8, 4) is 0 Å². The van der Waals surface area contributed by atoms with E-state index in [-0.39, 0.29) is 6.04 Å². The molecule has 0 aromatic carbocycles. The maximum Gasteiger partial charge on any atom is 0.131 e. The molecule has 3 rings (SSSR count). The summed E-state index contributed by atoms with van der Waals surface area (Å²) in [6.07, 6.45) is 11.9. The minimum absolute atomic E-state index is 0.143. The van der Waals surface area contributed by atoms with Gasteiger partial charge in [-0.15, -0.1) is 0 Å². The second-order valence-electron chi connectivity index (χ2n) is 5.47. The van der Waals surface area contributed by atoms with Gasteiger partial charge in [-0.1, -0.05) is 19.3 Å². The first-order chi connectivity index (χ1) is 8.34. The number of nitrogens with zero attached hydrogens (tertiary/aromatic N) is 2. The smallest absolute Gasteiger partial charge is 0.131 e. The maximum atomic E-state index is 6.15. The molecule has 1 fully saturated rings. The van der Waals surface area contributed by atoms with Crippen molar-refractivity contribution in [1.82, 2.24) is 9.97 Å². The van der Waals surface area contributed by atoms with Crippen LogP contribution in [0.1, 0.15) is 74.0 Å². The molecule has 3 heteroatoms. The van der Waals surface area contributed by atoms with E-state index in [0.717, 1.165) is 24.4 Å². The highest BCUT2D eigenvalue weighted by molar-refractivity contribution is 5.24. The summed E-state index contributed by atoms with van der Waals surface area (Å²) in [7, 11) is 0. The Labute approximate surface area is 103 Å². The van der Waals surface area contributed by atoms with Crippen molar-refractivity contribution in [3.05, 3.63) is 23.3 Å². The van der Waals surface area contributed by atoms with Gasteiger partial charge >= 0.3 is 0 Å². The van der Waals surface area contributed by atoms with E-state index in [0.29, 0.717) is 5.92 Å². The van der Waals surface area contributed by atoms with Crippen LogP contribution in [-0.2, 0) is 6.42 Å². The Bertz CT molecular complexity index is 396. The molecule has 0 radical (unpaired) electrons. The van der Waals surface area contributed by atoms with Gasteiger partial charge in [-0.2, -0.15) is 0 Å². The van der Waals surface area contributed by atoms with Crippen LogP contribution in [0.2, 0.25) is 0 Å². The van der Waals surface area contributed by atoms with Gasteiger partial charge < -0.3 is 5.73 Å². The van der Waals surface area contributed by atoms with Gasteiger partial charge in [0.2, 0.25) is 0 Å². The highest BCUT2D eigenvalue weighted by atomic mass is 14.9. The molecular weight excluding hydrogens is 210 g/mol. The molecule has 1 heterocycles. The molecule has 92 valence electrons. The van der Waals surface area contributed by atoms with Crippen LogP contribution in [0.4, 0.5) is 0 Å². The number of hydrogen-bond acceptors (Lipinski definition) is 3. The first-order valence-corrected chi connectivity index (χ1v) is 6.96. The fourth-order valence-corrected chi connectivity index (χ4v) is 3.15. The maximum absolute atomic E-state index is 6.15. The SMILES string of the molecule is NC1CCCc2cnc(C3CCCCC3)nc21. The summed E-state index contributed by atoms with van der Waals surface area (Å²) >= 11 is 0. The van der Waals surface area contributed by atoms with Crippen molar-refractivity contribution in [2.24, 2.45) is 5.73 Å². The number of fused-ring (bicyclic) bond motifs is 1. The summed E-state index contributed by atoms with van der Waals surface area (Å²) < 4.78 is 0. The van der Waals surface area contributed by atoms with E-state index < -0.39 is 0 Å². The van der Waals surface area contributed by atoms with Crippen LogP contribution in [0.25, 0.3) is 0 Å². The van der Waals surface area contributed by atoms with E-state index in [1.54, 1.807) is 0 Å². The van der Waals surface area contributed by atoms with E-state index in [1.807, 2.05) is 6.20 Å². The molecule has 0 spiro atoms. The standard InChI is InChI=1S/C14H21N3/c15-12-8-4-7-11-9-16-14(17-13(11)12)10-5-2-1-3-6-10/h9-10,12H,1-8,15H2.